The standard InChI is InChI=1S/C5H7N2O5P/c8-4-1-2-7(5(9)6-4)3-13(10,11)12/h1-2H,3H2,(H,6,8,9)(H2,10,11,12). The maximum absolute atomic E-state index is 10.9. The van der Waals surface area contributed by atoms with Crippen LogP contribution in [0, 0.1) is 0 Å². The van der Waals surface area contributed by atoms with Crippen molar-refractivity contribution in [3.05, 3.63) is 33.1 Å². The Balaban J connectivity index is 3.12. The average molecular weight is 206 g/mol. The molecule has 7 nitrogen and oxygen atoms in total. The summed E-state index contributed by atoms with van der Waals surface area (Å²) in [6.45, 7) is 0. The second-order valence-electron chi connectivity index (χ2n) is 2.39. The summed E-state index contributed by atoms with van der Waals surface area (Å²) in [6, 6.07) is 1.01. The zero-order valence-corrected chi connectivity index (χ0v) is 7.27. The molecule has 0 aliphatic heterocycles. The molecule has 0 atom stereocenters. The number of hydrogen-bond acceptors (Lipinski definition) is 3. The molecule has 0 aliphatic rings. The highest BCUT2D eigenvalue weighted by Crippen LogP contribution is 2.35. The van der Waals surface area contributed by atoms with E-state index in [1.807, 2.05) is 4.98 Å². The van der Waals surface area contributed by atoms with Crippen LogP contribution in [0.25, 0.3) is 0 Å². The molecular formula is C5H7N2O5P. The molecule has 0 aromatic carbocycles. The van der Waals surface area contributed by atoms with Crippen molar-refractivity contribution in [3.63, 3.8) is 0 Å². The van der Waals surface area contributed by atoms with Gasteiger partial charge in [0.25, 0.3) is 5.56 Å². The lowest BCUT2D eigenvalue weighted by atomic mass is 10.6. The van der Waals surface area contributed by atoms with Gasteiger partial charge in [0.2, 0.25) is 0 Å². The van der Waals surface area contributed by atoms with Gasteiger partial charge in [-0.15, -0.1) is 0 Å². The third kappa shape index (κ3) is 2.98. The molecule has 0 saturated heterocycles. The van der Waals surface area contributed by atoms with Crippen LogP contribution >= 0.6 is 7.60 Å². The van der Waals surface area contributed by atoms with E-state index >= 15 is 0 Å². The zero-order chi connectivity index (χ0) is 10.1. The molecule has 1 heterocycles. The third-order valence-electron chi connectivity index (χ3n) is 1.23. The molecule has 1 aromatic heterocycles. The first-order valence-electron chi connectivity index (χ1n) is 3.23. The predicted molar refractivity (Wildman–Crippen MR) is 43.4 cm³/mol. The molecule has 72 valence electrons. The van der Waals surface area contributed by atoms with Crippen molar-refractivity contribution < 1.29 is 14.4 Å². The molecule has 0 spiro atoms. The second-order valence-corrected chi connectivity index (χ2v) is 4.00. The minimum Gasteiger partial charge on any atom is -0.323 e. The van der Waals surface area contributed by atoms with E-state index in [1.54, 1.807) is 0 Å². The van der Waals surface area contributed by atoms with E-state index < -0.39 is 25.1 Å². The number of rotatable bonds is 2. The Labute approximate surface area is 71.8 Å². The quantitative estimate of drug-likeness (QED) is 0.519. The topological polar surface area (TPSA) is 112 Å². The maximum atomic E-state index is 10.9. The molecule has 0 unspecified atom stereocenters. The van der Waals surface area contributed by atoms with Gasteiger partial charge in [-0.05, 0) is 0 Å². The van der Waals surface area contributed by atoms with E-state index in [-0.39, 0.29) is 0 Å². The van der Waals surface area contributed by atoms with Gasteiger partial charge in [-0.3, -0.25) is 18.9 Å². The van der Waals surface area contributed by atoms with Crippen LogP contribution in [0.2, 0.25) is 0 Å². The number of hydrogen-bond donors (Lipinski definition) is 3. The van der Waals surface area contributed by atoms with Crippen molar-refractivity contribution in [2.24, 2.45) is 0 Å². The molecular weight excluding hydrogens is 199 g/mol. The first-order valence-corrected chi connectivity index (χ1v) is 5.02. The summed E-state index contributed by atoms with van der Waals surface area (Å²) in [5.41, 5.74) is -1.44. The Bertz CT molecular complexity index is 454. The highest BCUT2D eigenvalue weighted by atomic mass is 31.2. The van der Waals surface area contributed by atoms with Crippen LogP contribution in [0.1, 0.15) is 0 Å². The SMILES string of the molecule is O=c1ccn(CP(=O)(O)O)c(=O)[nH]1. The van der Waals surface area contributed by atoms with E-state index in [9.17, 15) is 14.2 Å². The Morgan fingerprint density at radius 3 is 2.54 bits per heavy atom. The molecule has 1 rings (SSSR count). The highest BCUT2D eigenvalue weighted by Gasteiger charge is 2.14. The van der Waals surface area contributed by atoms with Crippen LogP contribution in [0.15, 0.2) is 21.9 Å². The van der Waals surface area contributed by atoms with E-state index in [2.05, 4.69) is 0 Å². The van der Waals surface area contributed by atoms with Crippen LogP contribution in [0.4, 0.5) is 0 Å². The first-order chi connectivity index (χ1) is 5.88. The molecule has 1 aromatic rings. The highest BCUT2D eigenvalue weighted by molar-refractivity contribution is 7.50. The lowest BCUT2D eigenvalue weighted by Gasteiger charge is -2.04. The molecule has 0 aliphatic carbocycles. The Morgan fingerprint density at radius 2 is 2.08 bits per heavy atom. The van der Waals surface area contributed by atoms with E-state index in [1.165, 1.54) is 0 Å². The fourth-order valence-corrected chi connectivity index (χ4v) is 1.37. The van der Waals surface area contributed by atoms with Crippen LogP contribution < -0.4 is 11.2 Å². The summed E-state index contributed by atoms with van der Waals surface area (Å²) in [5, 5.41) is 0. The van der Waals surface area contributed by atoms with Gasteiger partial charge in [0.15, 0.2) is 0 Å². The molecule has 13 heavy (non-hydrogen) atoms. The largest absolute Gasteiger partial charge is 0.345 e. The molecule has 0 bridgehead atoms. The van der Waals surface area contributed by atoms with Crippen LogP contribution in [-0.4, -0.2) is 19.3 Å². The molecule has 0 amide bonds. The van der Waals surface area contributed by atoms with Crippen LogP contribution in [-0.2, 0) is 10.9 Å². The van der Waals surface area contributed by atoms with Gasteiger partial charge in [0.1, 0.15) is 6.29 Å². The summed E-state index contributed by atoms with van der Waals surface area (Å²) < 4.78 is 11.2. The number of nitrogens with zero attached hydrogens (tertiary/aromatic N) is 1. The maximum Gasteiger partial charge on any atom is 0.345 e. The Morgan fingerprint density at radius 1 is 1.46 bits per heavy atom. The monoisotopic (exact) mass is 206 g/mol. The smallest absolute Gasteiger partial charge is 0.323 e. The number of aromatic amines is 1. The van der Waals surface area contributed by atoms with Gasteiger partial charge in [-0.25, -0.2) is 4.79 Å². The van der Waals surface area contributed by atoms with Crippen molar-refractivity contribution in [3.8, 4) is 0 Å². The molecule has 8 heteroatoms. The van der Waals surface area contributed by atoms with Gasteiger partial charge < -0.3 is 9.79 Å². The second kappa shape index (κ2) is 3.29. The van der Waals surface area contributed by atoms with Gasteiger partial charge in [-0.2, -0.15) is 0 Å². The summed E-state index contributed by atoms with van der Waals surface area (Å²) in [5.74, 6) is 0. The normalized spacial score (nSPS) is 11.5. The molecule has 0 fully saturated rings. The number of aromatic nitrogens is 2. The van der Waals surface area contributed by atoms with E-state index in [0.29, 0.717) is 0 Å². The molecule has 3 N–H and O–H groups in total. The predicted octanol–water partition coefficient (Wildman–Crippen LogP) is -1.33. The van der Waals surface area contributed by atoms with Crippen LogP contribution in [0.3, 0.4) is 0 Å². The van der Waals surface area contributed by atoms with Gasteiger partial charge >= 0.3 is 13.3 Å². The van der Waals surface area contributed by atoms with Crippen molar-refractivity contribution in [2.75, 3.05) is 0 Å². The summed E-state index contributed by atoms with van der Waals surface area (Å²) in [4.78, 5) is 40.3. The van der Waals surface area contributed by atoms with Gasteiger partial charge in [0, 0.05) is 12.3 Å². The van der Waals surface area contributed by atoms with Gasteiger partial charge in [-0.1, -0.05) is 0 Å². The summed E-state index contributed by atoms with van der Waals surface area (Å²) >= 11 is 0. The number of H-pyrrole nitrogens is 1. The van der Waals surface area contributed by atoms with E-state index in [0.717, 1.165) is 16.8 Å². The van der Waals surface area contributed by atoms with Crippen molar-refractivity contribution in [2.45, 2.75) is 6.29 Å². The lowest BCUT2D eigenvalue weighted by molar-refractivity contribution is 0.361. The van der Waals surface area contributed by atoms with Crippen molar-refractivity contribution >= 4 is 7.60 Å². The Hall–Kier alpha value is -1.17. The molecule has 0 radical (unpaired) electrons. The summed E-state index contributed by atoms with van der Waals surface area (Å²) in [6.07, 6.45) is 0.295. The summed E-state index contributed by atoms with van der Waals surface area (Å²) in [7, 11) is -4.29. The fourth-order valence-electron chi connectivity index (χ4n) is 0.754. The average Bonchev–Trinajstić information content (AvgIpc) is 1.93. The number of nitrogens with one attached hydrogen (secondary N) is 1. The molecule has 0 saturated carbocycles. The zero-order valence-electron chi connectivity index (χ0n) is 6.38. The van der Waals surface area contributed by atoms with Crippen LogP contribution in [0.5, 0.6) is 0 Å². The first kappa shape index (κ1) is 9.91. The minimum atomic E-state index is -4.29. The third-order valence-corrected chi connectivity index (χ3v) is 1.91. The minimum absolute atomic E-state index is 0.605. The lowest BCUT2D eigenvalue weighted by Crippen LogP contribution is -2.28. The van der Waals surface area contributed by atoms with Crippen molar-refractivity contribution in [1.82, 2.24) is 9.55 Å². The Kier molecular flexibility index (Phi) is 2.51. The van der Waals surface area contributed by atoms with E-state index in [4.69, 9.17) is 9.79 Å². The fraction of sp³-hybridized carbons (Fsp3) is 0.200. The van der Waals surface area contributed by atoms with Gasteiger partial charge in [0.05, 0.1) is 0 Å². The van der Waals surface area contributed by atoms with Crippen molar-refractivity contribution in [1.29, 1.82) is 0 Å².